The Hall–Kier alpha value is -2.73. The van der Waals surface area contributed by atoms with Gasteiger partial charge in [-0.05, 0) is 12.1 Å². The maximum Gasteiger partial charge on any atom is 0.289 e. The number of rotatable bonds is 4. The summed E-state index contributed by atoms with van der Waals surface area (Å²) in [6.07, 6.45) is 1.58. The molecule has 3 rings (SSSR count). The highest BCUT2D eigenvalue weighted by molar-refractivity contribution is 9.10. The molecule has 0 fully saturated rings. The molecule has 0 atom stereocenters. The molecule has 2 N–H and O–H groups in total. The van der Waals surface area contributed by atoms with Crippen LogP contribution in [0.1, 0.15) is 16.1 Å². The number of carbonyl (C=O) groups is 1. The lowest BCUT2D eigenvalue weighted by Crippen LogP contribution is -2.18. The summed E-state index contributed by atoms with van der Waals surface area (Å²) in [5.41, 5.74) is 5.37. The molecule has 0 bridgehead atoms. The van der Waals surface area contributed by atoms with Gasteiger partial charge < -0.3 is 0 Å². The molecule has 2 aromatic carbocycles. The Balaban J connectivity index is 1.68. The molecule has 0 aliphatic carbocycles. The summed E-state index contributed by atoms with van der Waals surface area (Å²) >= 11 is 3.42. The molecular formula is C17H13BrN4O. The van der Waals surface area contributed by atoms with Gasteiger partial charge in [0.2, 0.25) is 0 Å². The van der Waals surface area contributed by atoms with Crippen LogP contribution in [-0.2, 0) is 0 Å². The first kappa shape index (κ1) is 15.2. The Morgan fingerprint density at radius 1 is 1.13 bits per heavy atom. The average molecular weight is 369 g/mol. The van der Waals surface area contributed by atoms with E-state index in [4.69, 9.17) is 0 Å². The number of aromatic nitrogens is 2. The molecule has 5 nitrogen and oxygen atoms in total. The van der Waals surface area contributed by atoms with Crippen LogP contribution in [0.15, 0.2) is 70.2 Å². The molecule has 0 radical (unpaired) electrons. The van der Waals surface area contributed by atoms with Gasteiger partial charge in [0.1, 0.15) is 5.69 Å². The summed E-state index contributed by atoms with van der Waals surface area (Å²) in [5.74, 6) is -0.344. The topological polar surface area (TPSA) is 70.1 Å². The highest BCUT2D eigenvalue weighted by Gasteiger charge is 2.10. The van der Waals surface area contributed by atoms with E-state index < -0.39 is 0 Å². The van der Waals surface area contributed by atoms with Gasteiger partial charge in [0, 0.05) is 15.6 Å². The zero-order chi connectivity index (χ0) is 16.1. The van der Waals surface area contributed by atoms with Crippen molar-refractivity contribution in [1.82, 2.24) is 15.6 Å². The molecule has 3 aromatic rings. The zero-order valence-corrected chi connectivity index (χ0v) is 13.6. The second-order valence-corrected chi connectivity index (χ2v) is 5.61. The first-order valence-electron chi connectivity index (χ1n) is 6.93. The van der Waals surface area contributed by atoms with Gasteiger partial charge in [0.05, 0.1) is 11.9 Å². The van der Waals surface area contributed by atoms with Gasteiger partial charge in [0.15, 0.2) is 0 Å². The molecule has 0 aliphatic rings. The Morgan fingerprint density at radius 2 is 1.87 bits per heavy atom. The highest BCUT2D eigenvalue weighted by Crippen LogP contribution is 2.17. The van der Waals surface area contributed by atoms with Crippen LogP contribution >= 0.6 is 15.9 Å². The Bertz CT molecular complexity index is 843. The maximum absolute atomic E-state index is 12.1. The second-order valence-electron chi connectivity index (χ2n) is 4.75. The third-order valence-corrected chi connectivity index (χ3v) is 3.89. The minimum atomic E-state index is -0.344. The van der Waals surface area contributed by atoms with Crippen molar-refractivity contribution in [2.75, 3.05) is 0 Å². The summed E-state index contributed by atoms with van der Waals surface area (Å²) in [5, 5.41) is 10.8. The lowest BCUT2D eigenvalue weighted by molar-refractivity contribution is 0.0950. The summed E-state index contributed by atoms with van der Waals surface area (Å²) in [6.45, 7) is 0. The molecule has 6 heteroatoms. The molecule has 114 valence electrons. The Morgan fingerprint density at radius 3 is 2.65 bits per heavy atom. The van der Waals surface area contributed by atoms with Crippen molar-refractivity contribution in [3.8, 4) is 11.3 Å². The number of nitrogens with one attached hydrogen (secondary N) is 2. The van der Waals surface area contributed by atoms with Gasteiger partial charge >= 0.3 is 0 Å². The van der Waals surface area contributed by atoms with Crippen molar-refractivity contribution in [3.05, 3.63) is 76.4 Å². The van der Waals surface area contributed by atoms with Gasteiger partial charge in [0.25, 0.3) is 5.91 Å². The fraction of sp³-hybridized carbons (Fsp3) is 0. The molecular weight excluding hydrogens is 356 g/mol. The molecule has 1 amide bonds. The standard InChI is InChI=1S/C17H13BrN4O/c18-14-9-5-4-8-13(14)11-19-22-17(23)16-10-15(20-21-16)12-6-2-1-3-7-12/h1-11H,(H,20,21)(H,22,23). The van der Waals surface area contributed by atoms with Crippen LogP contribution in [0.3, 0.4) is 0 Å². The van der Waals surface area contributed by atoms with Crippen LogP contribution in [0.25, 0.3) is 11.3 Å². The molecule has 1 aromatic heterocycles. The van der Waals surface area contributed by atoms with E-state index in [9.17, 15) is 4.79 Å². The van der Waals surface area contributed by atoms with Gasteiger partial charge in [-0.1, -0.05) is 64.5 Å². The van der Waals surface area contributed by atoms with Crippen molar-refractivity contribution in [3.63, 3.8) is 0 Å². The van der Waals surface area contributed by atoms with E-state index in [1.165, 1.54) is 0 Å². The van der Waals surface area contributed by atoms with E-state index in [-0.39, 0.29) is 5.91 Å². The number of hydrazone groups is 1. The van der Waals surface area contributed by atoms with Crippen LogP contribution in [0.4, 0.5) is 0 Å². The van der Waals surface area contributed by atoms with Crippen molar-refractivity contribution in [2.45, 2.75) is 0 Å². The predicted octanol–water partition coefficient (Wildman–Crippen LogP) is 3.60. The monoisotopic (exact) mass is 368 g/mol. The number of aromatic amines is 1. The van der Waals surface area contributed by atoms with Gasteiger partial charge in [-0.3, -0.25) is 9.89 Å². The largest absolute Gasteiger partial charge is 0.289 e. The SMILES string of the molecule is O=C(NN=Cc1ccccc1Br)c1cc(-c2ccccc2)n[nH]1. The summed E-state index contributed by atoms with van der Waals surface area (Å²) < 4.78 is 0.908. The maximum atomic E-state index is 12.1. The van der Waals surface area contributed by atoms with Crippen LogP contribution in [-0.4, -0.2) is 22.3 Å². The first-order valence-corrected chi connectivity index (χ1v) is 7.72. The van der Waals surface area contributed by atoms with E-state index in [2.05, 4.69) is 36.7 Å². The van der Waals surface area contributed by atoms with Crippen LogP contribution in [0.2, 0.25) is 0 Å². The molecule has 0 unspecified atom stereocenters. The normalized spacial score (nSPS) is 10.8. The van der Waals surface area contributed by atoms with Gasteiger partial charge in [-0.25, -0.2) is 5.43 Å². The summed E-state index contributed by atoms with van der Waals surface area (Å²) in [6, 6.07) is 18.9. The molecule has 23 heavy (non-hydrogen) atoms. The number of amides is 1. The Labute approximate surface area is 141 Å². The lowest BCUT2D eigenvalue weighted by Gasteiger charge is -1.97. The zero-order valence-electron chi connectivity index (χ0n) is 12.0. The highest BCUT2D eigenvalue weighted by atomic mass is 79.9. The van der Waals surface area contributed by atoms with Gasteiger partial charge in [-0.15, -0.1) is 0 Å². The number of H-pyrrole nitrogens is 1. The fourth-order valence-electron chi connectivity index (χ4n) is 2.00. The predicted molar refractivity (Wildman–Crippen MR) is 93.2 cm³/mol. The smallest absolute Gasteiger partial charge is 0.272 e. The number of benzene rings is 2. The minimum absolute atomic E-state index is 0.344. The number of halogens is 1. The molecule has 0 aliphatic heterocycles. The first-order chi connectivity index (χ1) is 11.2. The quantitative estimate of drug-likeness (QED) is 0.545. The summed E-state index contributed by atoms with van der Waals surface area (Å²) in [4.78, 5) is 12.1. The third kappa shape index (κ3) is 3.73. The molecule has 0 saturated heterocycles. The van der Waals surface area contributed by atoms with Crippen molar-refractivity contribution < 1.29 is 4.79 Å². The third-order valence-electron chi connectivity index (χ3n) is 3.17. The van der Waals surface area contributed by atoms with Crippen LogP contribution in [0.5, 0.6) is 0 Å². The van der Waals surface area contributed by atoms with E-state index in [0.717, 1.165) is 15.6 Å². The van der Waals surface area contributed by atoms with E-state index in [0.29, 0.717) is 11.4 Å². The van der Waals surface area contributed by atoms with Crippen molar-refractivity contribution in [1.29, 1.82) is 0 Å². The fourth-order valence-corrected chi connectivity index (χ4v) is 2.38. The Kier molecular flexibility index (Phi) is 4.63. The van der Waals surface area contributed by atoms with Crippen molar-refractivity contribution in [2.24, 2.45) is 5.10 Å². The van der Waals surface area contributed by atoms with Crippen LogP contribution < -0.4 is 5.43 Å². The second kappa shape index (κ2) is 7.02. The number of hydrogen-bond donors (Lipinski definition) is 2. The molecule has 1 heterocycles. The average Bonchev–Trinajstić information content (AvgIpc) is 3.07. The van der Waals surface area contributed by atoms with E-state index in [1.807, 2.05) is 54.6 Å². The lowest BCUT2D eigenvalue weighted by atomic mass is 10.1. The van der Waals surface area contributed by atoms with Crippen LogP contribution in [0, 0.1) is 0 Å². The number of carbonyl (C=O) groups excluding carboxylic acids is 1. The summed E-state index contributed by atoms with van der Waals surface area (Å²) in [7, 11) is 0. The molecule has 0 spiro atoms. The van der Waals surface area contributed by atoms with E-state index in [1.54, 1.807) is 12.3 Å². The molecule has 0 saturated carbocycles. The number of hydrogen-bond acceptors (Lipinski definition) is 3. The van der Waals surface area contributed by atoms with E-state index >= 15 is 0 Å². The van der Waals surface area contributed by atoms with Crippen molar-refractivity contribution >= 4 is 28.1 Å². The number of nitrogens with zero attached hydrogens (tertiary/aromatic N) is 2. The van der Waals surface area contributed by atoms with Gasteiger partial charge in [-0.2, -0.15) is 10.2 Å². The minimum Gasteiger partial charge on any atom is -0.272 e.